The molecule has 0 bridgehead atoms. The van der Waals surface area contributed by atoms with Crippen molar-refractivity contribution in [2.24, 2.45) is 0 Å². The molecule has 0 saturated carbocycles. The van der Waals surface area contributed by atoms with Crippen molar-refractivity contribution in [1.82, 2.24) is 10.0 Å². The molecule has 170 valence electrons. The Bertz CT molecular complexity index is 931. The number of hydrogen-bond acceptors (Lipinski definition) is 6. The number of oxazole rings is 1. The molecule has 3 aromatic rings. The zero-order chi connectivity index (χ0) is 22.9. The molecule has 0 spiro atoms. The second kappa shape index (κ2) is 11.3. The maximum Gasteiger partial charge on any atom is 0.242 e. The van der Waals surface area contributed by atoms with E-state index < -0.39 is 0 Å². The lowest BCUT2D eigenvalue weighted by Gasteiger charge is -2.11. The summed E-state index contributed by atoms with van der Waals surface area (Å²) < 4.78 is 16.7. The maximum atomic E-state index is 11.0. The fraction of sp³-hybridized carbons (Fsp3) is 0.360. The summed E-state index contributed by atoms with van der Waals surface area (Å²) >= 11 is 0. The molecule has 0 radical (unpaired) electrons. The minimum atomic E-state index is -0.332. The van der Waals surface area contributed by atoms with E-state index in [4.69, 9.17) is 18.9 Å². The Morgan fingerprint density at radius 3 is 2.03 bits per heavy atom. The van der Waals surface area contributed by atoms with Crippen molar-refractivity contribution in [2.75, 3.05) is 20.8 Å². The van der Waals surface area contributed by atoms with Crippen molar-refractivity contribution in [1.29, 1.82) is 0 Å². The number of benzene rings is 2. The second-order valence-electron chi connectivity index (χ2n) is 7.55. The molecular formula is C25H30N2O5. The van der Waals surface area contributed by atoms with Crippen molar-refractivity contribution in [3.05, 3.63) is 54.4 Å². The number of rotatable bonds is 11. The van der Waals surface area contributed by atoms with E-state index in [2.05, 4.69) is 0 Å². The normalized spacial score (nSPS) is 10.8. The molecule has 3 rings (SSSR count). The van der Waals surface area contributed by atoms with Gasteiger partial charge in [0, 0.05) is 31.0 Å². The lowest BCUT2D eigenvalue weighted by molar-refractivity contribution is -0.162. The van der Waals surface area contributed by atoms with Crippen molar-refractivity contribution in [3.8, 4) is 34.1 Å². The summed E-state index contributed by atoms with van der Waals surface area (Å²) in [5, 5.41) is 10.2. The van der Waals surface area contributed by atoms with Gasteiger partial charge in [-0.15, -0.1) is 0 Å². The van der Waals surface area contributed by atoms with Crippen LogP contribution in [0.1, 0.15) is 38.5 Å². The standard InChI is InChI=1S/C25H30N2O5/c1-18(28)27(29)17-7-5-4-6-8-23-26-24(19-9-13-21(30-2)14-10-19)25(32-23)20-11-15-22(31-3)16-12-20/h9-16,29H,4-8,17H2,1-3H3. The highest BCUT2D eigenvalue weighted by Gasteiger charge is 2.17. The topological polar surface area (TPSA) is 85.0 Å². The Hall–Kier alpha value is -3.32. The van der Waals surface area contributed by atoms with Crippen LogP contribution in [0.3, 0.4) is 0 Å². The Labute approximate surface area is 188 Å². The summed E-state index contributed by atoms with van der Waals surface area (Å²) in [4.78, 5) is 15.8. The molecule has 1 aromatic heterocycles. The van der Waals surface area contributed by atoms with Gasteiger partial charge in [0.15, 0.2) is 11.7 Å². The highest BCUT2D eigenvalue weighted by molar-refractivity contribution is 5.77. The second-order valence-corrected chi connectivity index (χ2v) is 7.55. The molecule has 0 saturated heterocycles. The van der Waals surface area contributed by atoms with Crippen LogP contribution in [-0.4, -0.2) is 41.9 Å². The molecular weight excluding hydrogens is 408 g/mol. The van der Waals surface area contributed by atoms with Crippen molar-refractivity contribution < 1.29 is 23.9 Å². The van der Waals surface area contributed by atoms with E-state index in [1.54, 1.807) is 14.2 Å². The number of methoxy groups -OCH3 is 2. The number of hydrogen-bond donors (Lipinski definition) is 1. The van der Waals surface area contributed by atoms with Crippen LogP contribution in [0.4, 0.5) is 0 Å². The summed E-state index contributed by atoms with van der Waals surface area (Å²) in [5.74, 6) is 2.65. The fourth-order valence-electron chi connectivity index (χ4n) is 3.40. The van der Waals surface area contributed by atoms with E-state index in [1.807, 2.05) is 48.5 Å². The molecule has 0 unspecified atom stereocenters. The molecule has 0 aliphatic rings. The summed E-state index contributed by atoms with van der Waals surface area (Å²) in [6.45, 7) is 1.71. The summed E-state index contributed by atoms with van der Waals surface area (Å²) in [5.41, 5.74) is 2.69. The third-order valence-corrected chi connectivity index (χ3v) is 5.26. The predicted octanol–water partition coefficient (Wildman–Crippen LogP) is 5.37. The first-order valence-electron chi connectivity index (χ1n) is 10.8. The molecule has 0 fully saturated rings. The number of hydroxylamine groups is 2. The van der Waals surface area contributed by atoms with Gasteiger partial charge in [-0.05, 0) is 61.4 Å². The summed E-state index contributed by atoms with van der Waals surface area (Å²) in [6.07, 6.45) is 4.27. The number of amides is 1. The van der Waals surface area contributed by atoms with Crippen LogP contribution in [0.25, 0.3) is 22.6 Å². The van der Waals surface area contributed by atoms with Crippen molar-refractivity contribution >= 4 is 5.91 Å². The number of carbonyl (C=O) groups excluding carboxylic acids is 1. The van der Waals surface area contributed by atoms with Gasteiger partial charge in [-0.3, -0.25) is 10.0 Å². The van der Waals surface area contributed by atoms with E-state index >= 15 is 0 Å². The maximum absolute atomic E-state index is 11.0. The third-order valence-electron chi connectivity index (χ3n) is 5.26. The largest absolute Gasteiger partial charge is 0.497 e. The SMILES string of the molecule is COc1ccc(-c2nc(CCCCCCN(O)C(C)=O)oc2-c2ccc(OC)cc2)cc1. The van der Waals surface area contributed by atoms with E-state index in [9.17, 15) is 10.0 Å². The van der Waals surface area contributed by atoms with Gasteiger partial charge in [-0.25, -0.2) is 10.0 Å². The van der Waals surface area contributed by atoms with Crippen LogP contribution in [0, 0.1) is 0 Å². The molecule has 1 heterocycles. The minimum absolute atomic E-state index is 0.332. The first kappa shape index (κ1) is 23.3. The fourth-order valence-corrected chi connectivity index (χ4v) is 3.40. The Morgan fingerprint density at radius 1 is 0.906 bits per heavy atom. The van der Waals surface area contributed by atoms with Gasteiger partial charge < -0.3 is 13.9 Å². The van der Waals surface area contributed by atoms with Gasteiger partial charge in [0.25, 0.3) is 0 Å². The number of unbranched alkanes of at least 4 members (excludes halogenated alkanes) is 3. The monoisotopic (exact) mass is 438 g/mol. The number of nitrogens with zero attached hydrogens (tertiary/aromatic N) is 2. The molecule has 0 atom stereocenters. The van der Waals surface area contributed by atoms with E-state index in [0.29, 0.717) is 12.4 Å². The van der Waals surface area contributed by atoms with Gasteiger partial charge in [-0.2, -0.15) is 0 Å². The number of aromatic nitrogens is 1. The van der Waals surface area contributed by atoms with Crippen LogP contribution in [0.5, 0.6) is 11.5 Å². The Balaban J connectivity index is 1.71. The number of carbonyl (C=O) groups is 1. The number of ether oxygens (including phenoxy) is 2. The smallest absolute Gasteiger partial charge is 0.242 e. The third kappa shape index (κ3) is 6.11. The average Bonchev–Trinajstić information content (AvgIpc) is 3.25. The van der Waals surface area contributed by atoms with E-state index in [0.717, 1.165) is 71.2 Å². The number of aryl methyl sites for hydroxylation is 1. The van der Waals surface area contributed by atoms with Crippen LogP contribution in [0.15, 0.2) is 52.9 Å². The van der Waals surface area contributed by atoms with Crippen molar-refractivity contribution in [2.45, 2.75) is 39.0 Å². The van der Waals surface area contributed by atoms with E-state index in [-0.39, 0.29) is 5.91 Å². The van der Waals surface area contributed by atoms with Gasteiger partial charge >= 0.3 is 0 Å². The summed E-state index contributed by atoms with van der Waals surface area (Å²) in [6, 6.07) is 15.5. The van der Waals surface area contributed by atoms with Gasteiger partial charge in [-0.1, -0.05) is 12.8 Å². The summed E-state index contributed by atoms with van der Waals surface area (Å²) in [7, 11) is 3.28. The van der Waals surface area contributed by atoms with Crippen molar-refractivity contribution in [3.63, 3.8) is 0 Å². The molecule has 0 aliphatic heterocycles. The molecule has 7 nitrogen and oxygen atoms in total. The Morgan fingerprint density at radius 2 is 1.47 bits per heavy atom. The molecule has 7 heteroatoms. The lowest BCUT2D eigenvalue weighted by atomic mass is 10.1. The van der Waals surface area contributed by atoms with Gasteiger partial charge in [0.2, 0.25) is 5.91 Å². The van der Waals surface area contributed by atoms with Gasteiger partial charge in [0.05, 0.1) is 14.2 Å². The van der Waals surface area contributed by atoms with Crippen LogP contribution in [0.2, 0.25) is 0 Å². The molecule has 1 amide bonds. The predicted molar refractivity (Wildman–Crippen MR) is 122 cm³/mol. The highest BCUT2D eigenvalue weighted by atomic mass is 16.5. The molecule has 2 aromatic carbocycles. The van der Waals surface area contributed by atoms with Crippen LogP contribution in [-0.2, 0) is 11.2 Å². The minimum Gasteiger partial charge on any atom is -0.497 e. The Kier molecular flexibility index (Phi) is 8.27. The first-order chi connectivity index (χ1) is 15.5. The lowest BCUT2D eigenvalue weighted by Crippen LogP contribution is -2.25. The quantitative estimate of drug-likeness (QED) is 0.246. The zero-order valence-corrected chi connectivity index (χ0v) is 18.8. The molecule has 0 aliphatic carbocycles. The highest BCUT2D eigenvalue weighted by Crippen LogP contribution is 2.34. The first-order valence-corrected chi connectivity index (χ1v) is 10.8. The zero-order valence-electron chi connectivity index (χ0n) is 18.8. The average molecular weight is 439 g/mol. The van der Waals surface area contributed by atoms with Gasteiger partial charge in [0.1, 0.15) is 17.2 Å². The van der Waals surface area contributed by atoms with Crippen LogP contribution >= 0.6 is 0 Å². The molecule has 1 N–H and O–H groups in total. The molecule has 32 heavy (non-hydrogen) atoms. The van der Waals surface area contributed by atoms with E-state index in [1.165, 1.54) is 6.92 Å². The van der Waals surface area contributed by atoms with Crippen LogP contribution < -0.4 is 9.47 Å².